The molecular formula is C32H34N4O3S. The minimum atomic E-state index is -0.198. The molecule has 0 aliphatic carbocycles. The summed E-state index contributed by atoms with van der Waals surface area (Å²) in [5.74, 6) is 1.55. The minimum Gasteiger partial charge on any atom is -0.497 e. The van der Waals surface area contributed by atoms with Crippen molar-refractivity contribution in [1.82, 2.24) is 15.1 Å². The van der Waals surface area contributed by atoms with Gasteiger partial charge >= 0.3 is 0 Å². The third kappa shape index (κ3) is 5.77. The second-order valence-corrected chi connectivity index (χ2v) is 11.4. The molecule has 0 unspecified atom stereocenters. The second-order valence-electron chi connectivity index (χ2n) is 10.3. The Bertz CT molecular complexity index is 1500. The Morgan fingerprint density at radius 1 is 1.07 bits per heavy atom. The Morgan fingerprint density at radius 2 is 1.82 bits per heavy atom. The standard InChI is InChI=1S/C32H34N4O3S/c1-21(2)18-33-27(37)19-35-28(38)20-40-31(24-12-8-9-22(3)17-24)29-30(23-10-6-5-7-11-23)34-36(32(29)35)25-13-15-26(39-4)16-14-25/h5-17,21,31H,18-20H2,1-4H3,(H,33,37)/t31-/m0/s1. The summed E-state index contributed by atoms with van der Waals surface area (Å²) in [4.78, 5) is 28.5. The lowest BCUT2D eigenvalue weighted by atomic mass is 9.98. The summed E-state index contributed by atoms with van der Waals surface area (Å²) in [6, 6.07) is 26.0. The van der Waals surface area contributed by atoms with Crippen LogP contribution in [0.25, 0.3) is 16.9 Å². The van der Waals surface area contributed by atoms with E-state index in [0.717, 1.165) is 39.4 Å². The molecule has 1 aliphatic rings. The van der Waals surface area contributed by atoms with E-state index >= 15 is 0 Å². The van der Waals surface area contributed by atoms with Crippen molar-refractivity contribution >= 4 is 29.4 Å². The first-order valence-electron chi connectivity index (χ1n) is 13.4. The summed E-state index contributed by atoms with van der Waals surface area (Å²) in [5, 5.41) is 7.95. The number of benzene rings is 3. The number of amides is 2. The number of ether oxygens (including phenoxy) is 1. The number of thioether (sulfide) groups is 1. The van der Waals surface area contributed by atoms with Gasteiger partial charge in [0.1, 0.15) is 18.1 Å². The predicted molar refractivity (Wildman–Crippen MR) is 161 cm³/mol. The number of aryl methyl sites for hydroxylation is 1. The zero-order chi connectivity index (χ0) is 28.2. The third-order valence-electron chi connectivity index (χ3n) is 6.81. The fourth-order valence-electron chi connectivity index (χ4n) is 4.85. The van der Waals surface area contributed by atoms with E-state index in [2.05, 4.69) is 30.4 Å². The molecule has 2 amide bonds. The van der Waals surface area contributed by atoms with Crippen LogP contribution in [0.5, 0.6) is 5.75 Å². The molecule has 7 nitrogen and oxygen atoms in total. The molecule has 1 aromatic heterocycles. The van der Waals surface area contributed by atoms with Gasteiger partial charge < -0.3 is 10.1 Å². The number of rotatable bonds is 8. The molecule has 8 heteroatoms. The Kier molecular flexibility index (Phi) is 8.26. The number of hydrogen-bond donors (Lipinski definition) is 1. The largest absolute Gasteiger partial charge is 0.497 e. The van der Waals surface area contributed by atoms with Gasteiger partial charge in [0.05, 0.1) is 29.5 Å². The van der Waals surface area contributed by atoms with Crippen molar-refractivity contribution in [2.24, 2.45) is 5.92 Å². The van der Waals surface area contributed by atoms with Gasteiger partial charge in [0.2, 0.25) is 11.8 Å². The molecule has 0 bridgehead atoms. The molecule has 0 spiro atoms. The maximum Gasteiger partial charge on any atom is 0.240 e. The topological polar surface area (TPSA) is 76.5 Å². The number of methoxy groups -OCH3 is 1. The normalized spacial score (nSPS) is 15.1. The van der Waals surface area contributed by atoms with E-state index in [1.54, 1.807) is 28.5 Å². The van der Waals surface area contributed by atoms with Crippen molar-refractivity contribution in [2.45, 2.75) is 26.0 Å². The number of carbonyl (C=O) groups is 2. The minimum absolute atomic E-state index is 0.0876. The van der Waals surface area contributed by atoms with E-state index in [4.69, 9.17) is 9.84 Å². The van der Waals surface area contributed by atoms with Crippen LogP contribution in [0.15, 0.2) is 78.9 Å². The van der Waals surface area contributed by atoms with Gasteiger partial charge in [-0.15, -0.1) is 11.8 Å². The number of nitrogens with one attached hydrogen (secondary N) is 1. The first-order chi connectivity index (χ1) is 19.4. The van der Waals surface area contributed by atoms with Crippen molar-refractivity contribution in [1.29, 1.82) is 0 Å². The molecule has 3 aromatic carbocycles. The molecule has 0 saturated carbocycles. The average molecular weight is 555 g/mol. The SMILES string of the molecule is COc1ccc(-n2nc(-c3ccccc3)c3c2N(CC(=O)NCC(C)C)C(=O)CS[C@H]3c2cccc(C)c2)cc1. The van der Waals surface area contributed by atoms with Crippen molar-refractivity contribution in [3.8, 4) is 22.7 Å². The summed E-state index contributed by atoms with van der Waals surface area (Å²) < 4.78 is 7.19. The van der Waals surface area contributed by atoms with Crippen LogP contribution in [0.4, 0.5) is 5.82 Å². The Morgan fingerprint density at radius 3 is 2.50 bits per heavy atom. The molecule has 4 aromatic rings. The van der Waals surface area contributed by atoms with Crippen LogP contribution < -0.4 is 15.0 Å². The highest BCUT2D eigenvalue weighted by atomic mass is 32.2. The molecule has 5 rings (SSSR count). The van der Waals surface area contributed by atoms with Gasteiger partial charge in [-0.25, -0.2) is 4.68 Å². The zero-order valence-corrected chi connectivity index (χ0v) is 24.1. The average Bonchev–Trinajstić information content (AvgIpc) is 3.29. The highest BCUT2D eigenvalue weighted by Gasteiger charge is 2.37. The van der Waals surface area contributed by atoms with Crippen molar-refractivity contribution in [3.63, 3.8) is 0 Å². The van der Waals surface area contributed by atoms with Crippen molar-refractivity contribution in [2.75, 3.05) is 30.9 Å². The number of nitrogens with zero attached hydrogens (tertiary/aromatic N) is 3. The molecule has 1 N–H and O–H groups in total. The van der Waals surface area contributed by atoms with Crippen LogP contribution in [-0.4, -0.2) is 47.5 Å². The molecule has 40 heavy (non-hydrogen) atoms. The number of anilines is 1. The number of carbonyl (C=O) groups excluding carboxylic acids is 2. The first kappa shape index (κ1) is 27.5. The molecule has 0 fully saturated rings. The first-order valence-corrected chi connectivity index (χ1v) is 14.5. The van der Waals surface area contributed by atoms with Gasteiger partial charge in [-0.05, 0) is 42.7 Å². The zero-order valence-electron chi connectivity index (χ0n) is 23.3. The maximum atomic E-state index is 13.8. The molecular weight excluding hydrogens is 520 g/mol. The smallest absolute Gasteiger partial charge is 0.240 e. The van der Waals surface area contributed by atoms with E-state index < -0.39 is 0 Å². The van der Waals surface area contributed by atoms with Gasteiger partial charge in [0, 0.05) is 17.7 Å². The van der Waals surface area contributed by atoms with Gasteiger partial charge in [0.25, 0.3) is 0 Å². The van der Waals surface area contributed by atoms with Gasteiger partial charge in [-0.2, -0.15) is 5.10 Å². The summed E-state index contributed by atoms with van der Waals surface area (Å²) in [5.41, 5.74) is 5.66. The molecule has 1 atom stereocenters. The fourth-order valence-corrected chi connectivity index (χ4v) is 6.03. The van der Waals surface area contributed by atoms with Gasteiger partial charge in [-0.1, -0.05) is 74.0 Å². The lowest BCUT2D eigenvalue weighted by Gasteiger charge is -2.23. The van der Waals surface area contributed by atoms with Crippen LogP contribution in [0.1, 0.15) is 35.8 Å². The van der Waals surface area contributed by atoms with Gasteiger partial charge in [-0.3, -0.25) is 14.5 Å². The van der Waals surface area contributed by atoms with E-state index in [-0.39, 0.29) is 29.4 Å². The Labute approximate surface area is 239 Å². The van der Waals surface area contributed by atoms with Crippen LogP contribution in [-0.2, 0) is 9.59 Å². The predicted octanol–water partition coefficient (Wildman–Crippen LogP) is 5.80. The Balaban J connectivity index is 1.76. The molecule has 206 valence electrons. The van der Waals surface area contributed by atoms with Crippen LogP contribution in [0.3, 0.4) is 0 Å². The monoisotopic (exact) mass is 554 g/mol. The molecule has 0 radical (unpaired) electrons. The molecule has 0 saturated heterocycles. The summed E-state index contributed by atoms with van der Waals surface area (Å²) in [6.07, 6.45) is 0. The van der Waals surface area contributed by atoms with E-state index in [1.165, 1.54) is 0 Å². The maximum absolute atomic E-state index is 13.8. The summed E-state index contributed by atoms with van der Waals surface area (Å²) in [7, 11) is 1.63. The lowest BCUT2D eigenvalue weighted by molar-refractivity contribution is -0.123. The molecule has 1 aliphatic heterocycles. The Hall–Kier alpha value is -4.04. The number of hydrogen-bond acceptors (Lipinski definition) is 5. The number of fused-ring (bicyclic) bond motifs is 1. The summed E-state index contributed by atoms with van der Waals surface area (Å²) >= 11 is 1.57. The highest BCUT2D eigenvalue weighted by molar-refractivity contribution is 8.00. The lowest BCUT2D eigenvalue weighted by Crippen LogP contribution is -2.43. The quantitative estimate of drug-likeness (QED) is 0.298. The van der Waals surface area contributed by atoms with Crippen LogP contribution in [0, 0.1) is 12.8 Å². The fraction of sp³-hybridized carbons (Fsp3) is 0.281. The van der Waals surface area contributed by atoms with Crippen LogP contribution in [0.2, 0.25) is 0 Å². The van der Waals surface area contributed by atoms with E-state index in [9.17, 15) is 9.59 Å². The van der Waals surface area contributed by atoms with E-state index in [0.29, 0.717) is 18.3 Å². The third-order valence-corrected chi connectivity index (χ3v) is 8.06. The van der Waals surface area contributed by atoms with Gasteiger partial charge in [0.15, 0.2) is 0 Å². The van der Waals surface area contributed by atoms with Crippen LogP contribution >= 0.6 is 11.8 Å². The number of aromatic nitrogens is 2. The van der Waals surface area contributed by atoms with E-state index in [1.807, 2.05) is 74.5 Å². The van der Waals surface area contributed by atoms with Crippen molar-refractivity contribution < 1.29 is 14.3 Å². The van der Waals surface area contributed by atoms with Crippen molar-refractivity contribution in [3.05, 3.63) is 95.6 Å². The molecule has 2 heterocycles. The highest BCUT2D eigenvalue weighted by Crippen LogP contribution is 2.48. The summed E-state index contributed by atoms with van der Waals surface area (Å²) in [6.45, 7) is 6.62. The second kappa shape index (κ2) is 12.0.